The Morgan fingerprint density at radius 1 is 1.22 bits per heavy atom. The van der Waals surface area contributed by atoms with Gasteiger partial charge in [0.25, 0.3) is 11.1 Å². The van der Waals surface area contributed by atoms with Crippen molar-refractivity contribution >= 4 is 23.6 Å². The molecule has 1 aliphatic rings. The summed E-state index contributed by atoms with van der Waals surface area (Å²) in [4.78, 5) is 24.0. The Hall–Kier alpha value is -3.27. The van der Waals surface area contributed by atoms with Gasteiger partial charge in [-0.15, -0.1) is 10.2 Å². The lowest BCUT2D eigenvalue weighted by Crippen LogP contribution is -2.32. The SMILES string of the molecule is Cn1cccc1C(=O)NC(=O)CSc1nnc(-c2ccc3c(c2)OCO3)o1. The summed E-state index contributed by atoms with van der Waals surface area (Å²) in [7, 11) is 1.73. The summed E-state index contributed by atoms with van der Waals surface area (Å²) in [5.74, 6) is 0.634. The van der Waals surface area contributed by atoms with Gasteiger partial charge in [-0.1, -0.05) is 11.8 Å². The third kappa shape index (κ3) is 3.65. The summed E-state index contributed by atoms with van der Waals surface area (Å²) in [6.45, 7) is 0.181. The minimum absolute atomic E-state index is 0.0288. The van der Waals surface area contributed by atoms with Crippen LogP contribution < -0.4 is 14.8 Å². The molecule has 1 aromatic carbocycles. The minimum atomic E-state index is -0.459. The molecule has 0 radical (unpaired) electrons. The van der Waals surface area contributed by atoms with Gasteiger partial charge in [0.05, 0.1) is 5.75 Å². The number of carbonyl (C=O) groups excluding carboxylic acids is 2. The molecule has 0 atom stereocenters. The van der Waals surface area contributed by atoms with Gasteiger partial charge in [0.2, 0.25) is 18.6 Å². The summed E-state index contributed by atoms with van der Waals surface area (Å²) in [6, 6.07) is 8.64. The van der Waals surface area contributed by atoms with Crippen molar-refractivity contribution in [3.63, 3.8) is 0 Å². The van der Waals surface area contributed by atoms with Crippen LogP contribution in [0.4, 0.5) is 0 Å². The van der Waals surface area contributed by atoms with Gasteiger partial charge in [-0.3, -0.25) is 14.9 Å². The molecule has 138 valence electrons. The van der Waals surface area contributed by atoms with E-state index < -0.39 is 11.8 Å². The molecular weight excluding hydrogens is 372 g/mol. The van der Waals surface area contributed by atoms with Crippen molar-refractivity contribution in [2.75, 3.05) is 12.5 Å². The molecule has 2 aromatic heterocycles. The lowest BCUT2D eigenvalue weighted by atomic mass is 10.2. The van der Waals surface area contributed by atoms with Crippen molar-refractivity contribution in [2.24, 2.45) is 7.05 Å². The molecule has 0 spiro atoms. The number of fused-ring (bicyclic) bond motifs is 1. The average Bonchev–Trinajstić information content (AvgIpc) is 3.39. The smallest absolute Gasteiger partial charge is 0.277 e. The zero-order valence-electron chi connectivity index (χ0n) is 14.2. The van der Waals surface area contributed by atoms with E-state index in [0.29, 0.717) is 28.6 Å². The first-order chi connectivity index (χ1) is 13.1. The van der Waals surface area contributed by atoms with Crippen molar-refractivity contribution in [1.29, 1.82) is 0 Å². The maximum absolute atomic E-state index is 12.0. The second kappa shape index (κ2) is 7.16. The molecule has 0 saturated heterocycles. The van der Waals surface area contributed by atoms with Gasteiger partial charge in [0.15, 0.2) is 11.5 Å². The first-order valence-corrected chi connectivity index (χ1v) is 8.90. The van der Waals surface area contributed by atoms with E-state index in [-0.39, 0.29) is 17.8 Å². The van der Waals surface area contributed by atoms with Gasteiger partial charge in [0, 0.05) is 18.8 Å². The van der Waals surface area contributed by atoms with Gasteiger partial charge >= 0.3 is 0 Å². The molecule has 9 nitrogen and oxygen atoms in total. The van der Waals surface area contributed by atoms with Crippen LogP contribution in [0.15, 0.2) is 46.2 Å². The number of benzene rings is 1. The van der Waals surface area contributed by atoms with Crippen molar-refractivity contribution < 1.29 is 23.5 Å². The number of nitrogens with one attached hydrogen (secondary N) is 1. The lowest BCUT2D eigenvalue weighted by Gasteiger charge is -2.03. The van der Waals surface area contributed by atoms with E-state index >= 15 is 0 Å². The Labute approximate surface area is 157 Å². The number of imide groups is 1. The molecule has 4 rings (SSSR count). The summed E-state index contributed by atoms with van der Waals surface area (Å²) < 4.78 is 17.8. The van der Waals surface area contributed by atoms with Crippen molar-refractivity contribution in [2.45, 2.75) is 5.22 Å². The van der Waals surface area contributed by atoms with E-state index in [0.717, 1.165) is 11.8 Å². The molecule has 10 heteroatoms. The van der Waals surface area contributed by atoms with Crippen LogP contribution in [0.2, 0.25) is 0 Å². The predicted octanol–water partition coefficient (Wildman–Crippen LogP) is 1.85. The first-order valence-electron chi connectivity index (χ1n) is 7.92. The standard InChI is InChI=1S/C17H14N4O5S/c1-21-6-2-3-11(21)15(23)18-14(22)8-27-17-20-19-16(26-17)10-4-5-12-13(7-10)25-9-24-12/h2-7H,8-9H2,1H3,(H,18,22,23). The van der Waals surface area contributed by atoms with E-state index in [4.69, 9.17) is 13.9 Å². The molecule has 0 saturated carbocycles. The highest BCUT2D eigenvalue weighted by Gasteiger charge is 2.18. The van der Waals surface area contributed by atoms with Crippen LogP contribution in [0.1, 0.15) is 10.5 Å². The third-order valence-corrected chi connectivity index (χ3v) is 4.60. The molecule has 0 aliphatic carbocycles. The number of hydrogen-bond acceptors (Lipinski definition) is 8. The van der Waals surface area contributed by atoms with Crippen LogP contribution >= 0.6 is 11.8 Å². The number of hydrogen-bond donors (Lipinski definition) is 1. The van der Waals surface area contributed by atoms with Crippen LogP contribution in [0.25, 0.3) is 11.5 Å². The van der Waals surface area contributed by atoms with Crippen molar-refractivity contribution in [1.82, 2.24) is 20.1 Å². The molecule has 0 fully saturated rings. The monoisotopic (exact) mass is 386 g/mol. The molecular formula is C17H14N4O5S. The topological polar surface area (TPSA) is 108 Å². The summed E-state index contributed by atoms with van der Waals surface area (Å²) in [5, 5.41) is 10.4. The van der Waals surface area contributed by atoms with E-state index in [1.165, 1.54) is 0 Å². The summed E-state index contributed by atoms with van der Waals surface area (Å²) in [5.41, 5.74) is 1.08. The van der Waals surface area contributed by atoms with Gasteiger partial charge in [-0.05, 0) is 30.3 Å². The van der Waals surface area contributed by atoms with E-state index in [1.807, 2.05) is 0 Å². The molecule has 0 unspecified atom stereocenters. The highest BCUT2D eigenvalue weighted by atomic mass is 32.2. The normalized spacial score (nSPS) is 12.2. The molecule has 0 bridgehead atoms. The predicted molar refractivity (Wildman–Crippen MR) is 94.5 cm³/mol. The second-order valence-electron chi connectivity index (χ2n) is 5.61. The maximum Gasteiger partial charge on any atom is 0.277 e. The van der Waals surface area contributed by atoms with Crippen LogP contribution in [0.3, 0.4) is 0 Å². The number of nitrogens with zero attached hydrogens (tertiary/aromatic N) is 3. The first kappa shape index (κ1) is 17.2. The number of rotatable bonds is 5. The Morgan fingerprint density at radius 3 is 2.89 bits per heavy atom. The highest BCUT2D eigenvalue weighted by molar-refractivity contribution is 7.99. The molecule has 3 heterocycles. The van der Waals surface area contributed by atoms with Crippen molar-refractivity contribution in [3.8, 4) is 23.0 Å². The van der Waals surface area contributed by atoms with Crippen LogP contribution in [0, 0.1) is 0 Å². The van der Waals surface area contributed by atoms with Crippen LogP contribution in [0.5, 0.6) is 11.5 Å². The van der Waals surface area contributed by atoms with E-state index in [2.05, 4.69) is 15.5 Å². The van der Waals surface area contributed by atoms with Crippen molar-refractivity contribution in [3.05, 3.63) is 42.2 Å². The zero-order chi connectivity index (χ0) is 18.8. The Kier molecular flexibility index (Phi) is 4.55. The molecule has 1 aliphatic heterocycles. The fraction of sp³-hybridized carbons (Fsp3) is 0.176. The fourth-order valence-corrected chi connectivity index (χ4v) is 3.03. The van der Waals surface area contributed by atoms with E-state index in [1.54, 1.807) is 48.1 Å². The summed E-state index contributed by atoms with van der Waals surface area (Å²) in [6.07, 6.45) is 1.73. The van der Waals surface area contributed by atoms with Gasteiger partial charge in [-0.2, -0.15) is 0 Å². The third-order valence-electron chi connectivity index (χ3n) is 3.78. The highest BCUT2D eigenvalue weighted by Crippen LogP contribution is 2.35. The number of carbonyl (C=O) groups is 2. The number of amides is 2. The molecule has 3 aromatic rings. The quantitative estimate of drug-likeness (QED) is 0.662. The largest absolute Gasteiger partial charge is 0.454 e. The van der Waals surface area contributed by atoms with Crippen LogP contribution in [-0.2, 0) is 11.8 Å². The summed E-state index contributed by atoms with van der Waals surface area (Å²) >= 11 is 1.05. The average molecular weight is 386 g/mol. The molecule has 27 heavy (non-hydrogen) atoms. The second-order valence-corrected chi connectivity index (χ2v) is 6.54. The van der Waals surface area contributed by atoms with E-state index in [9.17, 15) is 9.59 Å². The van der Waals surface area contributed by atoms with Gasteiger partial charge < -0.3 is 18.5 Å². The molecule has 1 N–H and O–H groups in total. The Morgan fingerprint density at radius 2 is 2.07 bits per heavy atom. The Balaban J connectivity index is 1.35. The number of ether oxygens (including phenoxy) is 2. The Bertz CT molecular complexity index is 1010. The number of aromatic nitrogens is 3. The lowest BCUT2D eigenvalue weighted by molar-refractivity contribution is -0.117. The number of thioether (sulfide) groups is 1. The zero-order valence-corrected chi connectivity index (χ0v) is 15.0. The fourth-order valence-electron chi connectivity index (χ4n) is 2.47. The minimum Gasteiger partial charge on any atom is -0.454 e. The maximum atomic E-state index is 12.0. The molecule has 2 amide bonds. The van der Waals surface area contributed by atoms with Crippen LogP contribution in [-0.4, -0.2) is 39.1 Å². The van der Waals surface area contributed by atoms with Gasteiger partial charge in [0.1, 0.15) is 5.69 Å². The van der Waals surface area contributed by atoms with Gasteiger partial charge in [-0.25, -0.2) is 0 Å². The number of aryl methyl sites for hydroxylation is 1.